The fraction of sp³-hybridized carbons (Fsp3) is 0.344. The first-order chi connectivity index (χ1) is 19.0. The van der Waals surface area contributed by atoms with Crippen LogP contribution in [0.25, 0.3) is 22.0 Å². The summed E-state index contributed by atoms with van der Waals surface area (Å²) in [6.07, 6.45) is 2.98. The lowest BCUT2D eigenvalue weighted by Gasteiger charge is -2.37. The number of pyridine rings is 1. The molecule has 0 aliphatic carbocycles. The molecular weight excluding hydrogens is 526 g/mol. The van der Waals surface area contributed by atoms with E-state index >= 15 is 0 Å². The van der Waals surface area contributed by atoms with Crippen molar-refractivity contribution >= 4 is 16.5 Å². The number of hydrogen-bond acceptors (Lipinski definition) is 6. The molecule has 208 valence electrons. The van der Waals surface area contributed by atoms with Crippen LogP contribution in [0.5, 0.6) is 23.0 Å². The number of aromatic hydroxyl groups is 1. The van der Waals surface area contributed by atoms with Gasteiger partial charge in [-0.2, -0.15) is 4.57 Å². The minimum absolute atomic E-state index is 0. The lowest BCUT2D eigenvalue weighted by molar-refractivity contribution is -0.686. The first kappa shape index (κ1) is 26.5. The van der Waals surface area contributed by atoms with E-state index in [4.69, 9.17) is 14.2 Å². The highest BCUT2D eigenvalue weighted by molar-refractivity contribution is 5.94. The molecule has 3 aromatic carbocycles. The molecule has 0 spiro atoms. The molecule has 1 fully saturated rings. The third-order valence-corrected chi connectivity index (χ3v) is 8.70. The zero-order valence-corrected chi connectivity index (χ0v) is 23.9. The number of fused-ring (bicyclic) bond motifs is 5. The lowest BCUT2D eigenvalue weighted by Crippen LogP contribution is -3.00. The number of rotatable bonds is 4. The summed E-state index contributed by atoms with van der Waals surface area (Å²) in [7, 11) is 1.62. The Bertz CT molecular complexity index is 1610. The molecule has 40 heavy (non-hydrogen) atoms. The molecule has 1 saturated heterocycles. The largest absolute Gasteiger partial charge is 1.00 e. The van der Waals surface area contributed by atoms with E-state index in [-0.39, 0.29) is 24.9 Å². The van der Waals surface area contributed by atoms with E-state index in [0.717, 1.165) is 84.8 Å². The van der Waals surface area contributed by atoms with Crippen molar-refractivity contribution in [3.05, 3.63) is 70.9 Å². The second-order valence-electron chi connectivity index (χ2n) is 10.9. The average molecular weight is 560 g/mol. The number of methoxy groups -OCH3 is 1. The number of anilines is 1. The Morgan fingerprint density at radius 3 is 2.52 bits per heavy atom. The van der Waals surface area contributed by atoms with Crippen LogP contribution in [0.2, 0.25) is 0 Å². The average Bonchev–Trinajstić information content (AvgIpc) is 3.42. The van der Waals surface area contributed by atoms with Crippen molar-refractivity contribution < 1.29 is 36.3 Å². The number of benzene rings is 3. The number of piperazine rings is 1. The van der Waals surface area contributed by atoms with Gasteiger partial charge >= 0.3 is 0 Å². The van der Waals surface area contributed by atoms with E-state index < -0.39 is 0 Å². The van der Waals surface area contributed by atoms with Gasteiger partial charge < -0.3 is 36.6 Å². The van der Waals surface area contributed by atoms with Gasteiger partial charge in [0, 0.05) is 56.3 Å². The van der Waals surface area contributed by atoms with Crippen LogP contribution in [0.1, 0.15) is 22.3 Å². The Labute approximate surface area is 240 Å². The second-order valence-corrected chi connectivity index (χ2v) is 10.9. The lowest BCUT2D eigenvalue weighted by atomic mass is 9.94. The molecule has 0 saturated carbocycles. The van der Waals surface area contributed by atoms with Crippen LogP contribution >= 0.6 is 0 Å². The summed E-state index contributed by atoms with van der Waals surface area (Å²) < 4.78 is 19.2. The molecule has 0 atom stereocenters. The molecule has 1 aromatic heterocycles. The minimum Gasteiger partial charge on any atom is -1.00 e. The predicted octanol–water partition coefficient (Wildman–Crippen LogP) is 1.74. The number of aryl methyl sites for hydroxylation is 3. The molecule has 3 aliphatic heterocycles. The Kier molecular flexibility index (Phi) is 6.88. The Morgan fingerprint density at radius 1 is 0.975 bits per heavy atom. The van der Waals surface area contributed by atoms with Crippen molar-refractivity contribution in [2.75, 3.05) is 45.0 Å². The number of ether oxygens (including phenoxy) is 3. The number of phenols is 1. The van der Waals surface area contributed by atoms with Gasteiger partial charge in [0.25, 0.3) is 0 Å². The second kappa shape index (κ2) is 10.4. The maximum absolute atomic E-state index is 11.1. The van der Waals surface area contributed by atoms with Crippen LogP contribution < -0.4 is 36.1 Å². The van der Waals surface area contributed by atoms with Crippen molar-refractivity contribution in [1.82, 2.24) is 4.90 Å². The summed E-state index contributed by atoms with van der Waals surface area (Å²) in [6.45, 7) is 10.2. The molecular formula is C32H34ClN3O4. The Hall–Kier alpha value is -3.68. The van der Waals surface area contributed by atoms with Crippen molar-refractivity contribution in [2.24, 2.45) is 0 Å². The highest BCUT2D eigenvalue weighted by Crippen LogP contribution is 2.42. The van der Waals surface area contributed by atoms with Crippen LogP contribution in [0.4, 0.5) is 5.69 Å². The smallest absolute Gasteiger partial charge is 0.231 e. The van der Waals surface area contributed by atoms with Gasteiger partial charge in [0.1, 0.15) is 0 Å². The molecule has 1 N–H and O–H groups in total. The zero-order valence-electron chi connectivity index (χ0n) is 23.2. The summed E-state index contributed by atoms with van der Waals surface area (Å²) in [5.74, 6) is 2.34. The molecule has 0 amide bonds. The molecule has 7 nitrogen and oxygen atoms in total. The van der Waals surface area contributed by atoms with Crippen LogP contribution in [0, 0.1) is 13.8 Å². The SMILES string of the molecule is COc1cc(CN2CCN(c3cccc(C)c3C)CC2)c2cc3[n+](cc2c1O)CCc1cc2c(cc1-3)OCO2.[Cl-]. The molecule has 0 bridgehead atoms. The molecule has 3 aliphatic rings. The zero-order chi connectivity index (χ0) is 26.7. The van der Waals surface area contributed by atoms with Crippen LogP contribution in [0.3, 0.4) is 0 Å². The number of aromatic nitrogens is 1. The van der Waals surface area contributed by atoms with Gasteiger partial charge in [-0.25, -0.2) is 0 Å². The fourth-order valence-electron chi connectivity index (χ4n) is 6.32. The third kappa shape index (κ3) is 4.38. The van der Waals surface area contributed by atoms with E-state index in [2.05, 4.69) is 70.8 Å². The highest BCUT2D eigenvalue weighted by Gasteiger charge is 2.30. The van der Waals surface area contributed by atoms with E-state index in [1.54, 1.807) is 7.11 Å². The highest BCUT2D eigenvalue weighted by atomic mass is 35.5. The number of nitrogens with zero attached hydrogens (tertiary/aromatic N) is 3. The van der Waals surface area contributed by atoms with Crippen LogP contribution in [-0.2, 0) is 19.5 Å². The van der Waals surface area contributed by atoms with E-state index in [1.807, 2.05) is 6.07 Å². The van der Waals surface area contributed by atoms with E-state index in [0.29, 0.717) is 5.75 Å². The molecule has 0 unspecified atom stereocenters. The maximum Gasteiger partial charge on any atom is 0.231 e. The predicted molar refractivity (Wildman–Crippen MR) is 151 cm³/mol. The van der Waals surface area contributed by atoms with Gasteiger partial charge in [-0.15, -0.1) is 0 Å². The van der Waals surface area contributed by atoms with Gasteiger partial charge in [0.05, 0.1) is 18.1 Å². The van der Waals surface area contributed by atoms with Crippen molar-refractivity contribution in [3.8, 4) is 34.3 Å². The Morgan fingerprint density at radius 2 is 1.75 bits per heavy atom. The van der Waals surface area contributed by atoms with Gasteiger partial charge in [-0.3, -0.25) is 4.90 Å². The topological polar surface area (TPSA) is 58.3 Å². The number of phenolic OH excluding ortho intramolecular Hbond substituents is 1. The molecule has 7 rings (SSSR count). The first-order valence-electron chi connectivity index (χ1n) is 13.7. The first-order valence-corrected chi connectivity index (χ1v) is 13.7. The molecule has 0 radical (unpaired) electrons. The summed E-state index contributed by atoms with van der Waals surface area (Å²) in [5, 5.41) is 13.0. The van der Waals surface area contributed by atoms with Gasteiger partial charge in [-0.05, 0) is 60.4 Å². The normalized spacial score (nSPS) is 15.9. The van der Waals surface area contributed by atoms with Crippen molar-refractivity contribution in [1.29, 1.82) is 0 Å². The van der Waals surface area contributed by atoms with Gasteiger partial charge in [-0.1, -0.05) is 12.1 Å². The van der Waals surface area contributed by atoms with Gasteiger partial charge in [0.2, 0.25) is 12.5 Å². The van der Waals surface area contributed by atoms with Crippen LogP contribution in [0.15, 0.2) is 48.7 Å². The summed E-state index contributed by atoms with van der Waals surface area (Å²) in [5.41, 5.74) is 8.77. The molecule has 8 heteroatoms. The third-order valence-electron chi connectivity index (χ3n) is 8.70. The monoisotopic (exact) mass is 559 g/mol. The van der Waals surface area contributed by atoms with E-state index in [1.165, 1.54) is 22.4 Å². The summed E-state index contributed by atoms with van der Waals surface area (Å²) >= 11 is 0. The maximum atomic E-state index is 11.1. The van der Waals surface area contributed by atoms with Gasteiger partial charge in [0.15, 0.2) is 35.7 Å². The Balaban J connectivity index is 0.00000289. The van der Waals surface area contributed by atoms with Crippen molar-refractivity contribution in [3.63, 3.8) is 0 Å². The number of halogens is 1. The standard InChI is InChI=1S/C32H33N3O4.ClH/c1-20-5-4-6-27(21(20)2)34-11-9-33(10-12-34)17-23-14-31(37-3)32(36)26-18-35-8-7-22-13-29-30(39-19-38-29)16-25(22)28(35)15-24(23)26;/h4-6,13-16,18H,7-12,17,19H2,1-3H3;1H. The fourth-order valence-corrected chi connectivity index (χ4v) is 6.32. The summed E-state index contributed by atoms with van der Waals surface area (Å²) in [4.78, 5) is 5.01. The summed E-state index contributed by atoms with van der Waals surface area (Å²) in [6, 6.07) is 15.0. The molecule has 4 heterocycles. The number of hydrogen-bond donors (Lipinski definition) is 1. The quantitative estimate of drug-likeness (QED) is 0.385. The molecule has 4 aromatic rings. The van der Waals surface area contributed by atoms with Crippen LogP contribution in [-0.4, -0.2) is 50.1 Å². The van der Waals surface area contributed by atoms with Crippen molar-refractivity contribution in [2.45, 2.75) is 33.4 Å². The minimum atomic E-state index is 0. The van der Waals surface area contributed by atoms with E-state index in [9.17, 15) is 5.11 Å².